The molecule has 0 heterocycles. The van der Waals surface area contributed by atoms with Gasteiger partial charge in [0, 0.05) is 5.56 Å². The highest BCUT2D eigenvalue weighted by atomic mass is 32.2. The number of aliphatic hydroxyl groups excluding tert-OH is 1. The van der Waals surface area contributed by atoms with Gasteiger partial charge in [-0.05, 0) is 39.7 Å². The quantitative estimate of drug-likeness (QED) is 0.487. The van der Waals surface area contributed by atoms with E-state index in [0.717, 1.165) is 12.1 Å². The topological polar surface area (TPSA) is 54.4 Å². The van der Waals surface area contributed by atoms with Crippen molar-refractivity contribution in [2.75, 3.05) is 0 Å². The summed E-state index contributed by atoms with van der Waals surface area (Å²) in [5.74, 6) is 0. The minimum absolute atomic E-state index is 0.0989. The van der Waals surface area contributed by atoms with Crippen molar-refractivity contribution in [1.29, 1.82) is 0 Å². The molecule has 4 aromatic carbocycles. The van der Waals surface area contributed by atoms with Gasteiger partial charge in [0.25, 0.3) is 0 Å². The Labute approximate surface area is 160 Å². The second-order valence-corrected chi connectivity index (χ2v) is 8.54. The van der Waals surface area contributed by atoms with E-state index < -0.39 is 26.1 Å². The van der Waals surface area contributed by atoms with E-state index in [-0.39, 0.29) is 5.56 Å². The molecule has 1 N–H and O–H groups in total. The summed E-state index contributed by atoms with van der Waals surface area (Å²) in [6.45, 7) is 0. The fraction of sp³-hybridized carbons (Fsp3) is 0.0909. The van der Waals surface area contributed by atoms with Crippen LogP contribution in [0.1, 0.15) is 11.7 Å². The van der Waals surface area contributed by atoms with E-state index in [1.54, 1.807) is 48.5 Å². The Morgan fingerprint density at radius 1 is 0.750 bits per heavy atom. The second-order valence-electron chi connectivity index (χ2n) is 6.51. The Morgan fingerprint density at radius 2 is 1.21 bits per heavy atom. The van der Waals surface area contributed by atoms with Gasteiger partial charge in [-0.3, -0.25) is 0 Å². The Balaban J connectivity index is 1.99. The third-order valence-corrected chi connectivity index (χ3v) is 6.65. The third kappa shape index (κ3) is 2.77. The van der Waals surface area contributed by atoms with Crippen LogP contribution in [0.2, 0.25) is 0 Å². The van der Waals surface area contributed by atoms with Crippen molar-refractivity contribution in [3.05, 3.63) is 90.5 Å². The molecule has 1 unspecified atom stereocenters. The first kappa shape index (κ1) is 18.5. The smallest absolute Gasteiger partial charge is 0.379 e. The highest BCUT2D eigenvalue weighted by Gasteiger charge is 2.53. The minimum Gasteiger partial charge on any atom is -0.381 e. The summed E-state index contributed by atoms with van der Waals surface area (Å²) in [4.78, 5) is -0.538. The summed E-state index contributed by atoms with van der Waals surface area (Å²) in [6.07, 6.45) is -2.53. The van der Waals surface area contributed by atoms with Gasteiger partial charge in [-0.15, -0.1) is 0 Å². The highest BCUT2D eigenvalue weighted by Crippen LogP contribution is 2.44. The molecule has 0 aliphatic carbocycles. The van der Waals surface area contributed by atoms with E-state index in [1.807, 2.05) is 6.07 Å². The molecule has 1 atom stereocenters. The first-order valence-corrected chi connectivity index (χ1v) is 10.1. The lowest BCUT2D eigenvalue weighted by molar-refractivity contribution is -0.0420. The Morgan fingerprint density at radius 3 is 1.75 bits per heavy atom. The lowest BCUT2D eigenvalue weighted by Gasteiger charge is -2.25. The van der Waals surface area contributed by atoms with Crippen LogP contribution >= 0.6 is 0 Å². The fourth-order valence-electron chi connectivity index (χ4n) is 3.42. The first-order chi connectivity index (χ1) is 13.3. The molecule has 0 aromatic heterocycles. The monoisotopic (exact) mass is 398 g/mol. The predicted molar refractivity (Wildman–Crippen MR) is 105 cm³/mol. The van der Waals surface area contributed by atoms with Crippen molar-refractivity contribution in [3.63, 3.8) is 0 Å². The average Bonchev–Trinajstić information content (AvgIpc) is 2.72. The maximum absolute atomic E-state index is 15.2. The summed E-state index contributed by atoms with van der Waals surface area (Å²) in [6, 6.07) is 21.8. The molecular formula is C22H16F2O3S. The molecule has 142 valence electrons. The summed E-state index contributed by atoms with van der Waals surface area (Å²) in [5, 5.41) is 8.35. The number of halogens is 2. The first-order valence-electron chi connectivity index (χ1n) is 8.60. The summed E-state index contributed by atoms with van der Waals surface area (Å²) in [5.41, 5.74) is -0.0989. The summed E-state index contributed by atoms with van der Waals surface area (Å²) < 4.78 is 55.6. The van der Waals surface area contributed by atoms with E-state index in [4.69, 9.17) is 0 Å². The molecule has 4 rings (SSSR count). The number of sulfone groups is 1. The maximum atomic E-state index is 15.2. The average molecular weight is 398 g/mol. The molecule has 4 aromatic rings. The van der Waals surface area contributed by atoms with Crippen LogP contribution in [0.3, 0.4) is 0 Å². The van der Waals surface area contributed by atoms with Gasteiger partial charge in [0.15, 0.2) is 6.10 Å². The number of hydrogen-bond donors (Lipinski definition) is 1. The van der Waals surface area contributed by atoms with Crippen molar-refractivity contribution >= 4 is 31.4 Å². The Bertz CT molecular complexity index is 1210. The normalized spacial score (nSPS) is 13.7. The SMILES string of the molecule is O=S(=O)(c1ccccc1)C(F)(F)C(O)c1c2ccccc2cc2ccccc12. The van der Waals surface area contributed by atoms with Gasteiger partial charge in [-0.2, -0.15) is 8.78 Å². The number of fused-ring (bicyclic) bond motifs is 2. The third-order valence-electron chi connectivity index (χ3n) is 4.82. The van der Waals surface area contributed by atoms with Gasteiger partial charge in [0.1, 0.15) is 0 Å². The summed E-state index contributed by atoms with van der Waals surface area (Å²) in [7, 11) is -5.11. The molecule has 0 radical (unpaired) electrons. The van der Waals surface area contributed by atoms with Gasteiger partial charge < -0.3 is 5.11 Å². The molecule has 0 saturated carbocycles. The van der Waals surface area contributed by atoms with Gasteiger partial charge in [0.05, 0.1) is 4.90 Å². The van der Waals surface area contributed by atoms with Crippen LogP contribution in [0.15, 0.2) is 89.8 Å². The van der Waals surface area contributed by atoms with Gasteiger partial charge in [-0.25, -0.2) is 8.42 Å². The maximum Gasteiger partial charge on any atom is 0.379 e. The zero-order valence-corrected chi connectivity index (χ0v) is 15.4. The number of hydrogen-bond acceptors (Lipinski definition) is 3. The number of benzene rings is 4. The predicted octanol–water partition coefficient (Wildman–Crippen LogP) is 5.09. The zero-order valence-electron chi connectivity index (χ0n) is 14.6. The largest absolute Gasteiger partial charge is 0.381 e. The van der Waals surface area contributed by atoms with Gasteiger partial charge in [-0.1, -0.05) is 66.7 Å². The van der Waals surface area contributed by atoms with Crippen LogP contribution in [-0.2, 0) is 9.84 Å². The Kier molecular flexibility index (Phi) is 4.40. The fourth-order valence-corrected chi connectivity index (χ4v) is 4.66. The molecular weight excluding hydrogens is 382 g/mol. The molecule has 3 nitrogen and oxygen atoms in total. The Hall–Kier alpha value is -2.83. The summed E-state index contributed by atoms with van der Waals surface area (Å²) >= 11 is 0. The van der Waals surface area contributed by atoms with Crippen LogP contribution in [0, 0.1) is 0 Å². The lowest BCUT2D eigenvalue weighted by Crippen LogP contribution is -2.36. The number of aliphatic hydroxyl groups is 1. The van der Waals surface area contributed by atoms with Gasteiger partial charge >= 0.3 is 5.25 Å². The number of rotatable bonds is 4. The van der Waals surface area contributed by atoms with Crippen LogP contribution < -0.4 is 0 Å². The molecule has 0 aliphatic heterocycles. The van der Waals surface area contributed by atoms with Gasteiger partial charge in [0.2, 0.25) is 9.84 Å². The van der Waals surface area contributed by atoms with Crippen molar-refractivity contribution in [2.24, 2.45) is 0 Å². The van der Waals surface area contributed by atoms with Crippen molar-refractivity contribution < 1.29 is 22.3 Å². The number of alkyl halides is 2. The lowest BCUT2D eigenvalue weighted by atomic mass is 9.93. The molecule has 28 heavy (non-hydrogen) atoms. The van der Waals surface area contributed by atoms with E-state index in [2.05, 4.69) is 0 Å². The van der Waals surface area contributed by atoms with E-state index in [1.165, 1.54) is 18.2 Å². The van der Waals surface area contributed by atoms with Crippen LogP contribution in [-0.4, -0.2) is 18.8 Å². The van der Waals surface area contributed by atoms with Crippen molar-refractivity contribution in [2.45, 2.75) is 16.3 Å². The van der Waals surface area contributed by atoms with Crippen molar-refractivity contribution in [1.82, 2.24) is 0 Å². The van der Waals surface area contributed by atoms with Crippen LogP contribution in [0.25, 0.3) is 21.5 Å². The molecule has 6 heteroatoms. The van der Waals surface area contributed by atoms with Crippen LogP contribution in [0.4, 0.5) is 8.78 Å². The van der Waals surface area contributed by atoms with Crippen LogP contribution in [0.5, 0.6) is 0 Å². The highest BCUT2D eigenvalue weighted by molar-refractivity contribution is 7.92. The van der Waals surface area contributed by atoms with Crippen molar-refractivity contribution in [3.8, 4) is 0 Å². The minimum atomic E-state index is -5.11. The molecule has 0 fully saturated rings. The molecule has 0 spiro atoms. The van der Waals surface area contributed by atoms with E-state index in [0.29, 0.717) is 21.5 Å². The molecule has 0 amide bonds. The second kappa shape index (κ2) is 6.65. The van der Waals surface area contributed by atoms with E-state index >= 15 is 8.78 Å². The molecule has 0 aliphatic rings. The van der Waals surface area contributed by atoms with E-state index in [9.17, 15) is 13.5 Å². The zero-order chi connectivity index (χ0) is 19.9. The molecule has 0 bridgehead atoms. The standard InChI is InChI=1S/C22H16F2O3S/c23-22(24,28(26,27)17-10-2-1-3-11-17)21(25)20-18-12-6-4-8-15(18)14-16-9-5-7-13-19(16)20/h1-14,21,25H. The molecule has 0 saturated heterocycles.